The SMILES string of the molecule is N#Cc1ccc(CSCCC(N)=S)cc1. The molecule has 0 fully saturated rings. The minimum Gasteiger partial charge on any atom is -0.393 e. The summed E-state index contributed by atoms with van der Waals surface area (Å²) in [5.41, 5.74) is 7.32. The number of thiocarbonyl (C=S) groups is 1. The number of nitrogens with zero attached hydrogens (tertiary/aromatic N) is 1. The van der Waals surface area contributed by atoms with Gasteiger partial charge in [0, 0.05) is 12.2 Å². The summed E-state index contributed by atoms with van der Waals surface area (Å²) in [6.07, 6.45) is 0.788. The van der Waals surface area contributed by atoms with Crippen LogP contribution in [0.4, 0.5) is 0 Å². The number of thioether (sulfide) groups is 1. The molecule has 0 aromatic heterocycles. The fourth-order valence-corrected chi connectivity index (χ4v) is 2.21. The zero-order valence-electron chi connectivity index (χ0n) is 8.27. The lowest BCUT2D eigenvalue weighted by atomic mass is 10.2. The molecule has 0 aliphatic heterocycles. The Bertz CT molecular complexity index is 365. The Morgan fingerprint density at radius 3 is 2.60 bits per heavy atom. The number of hydrogen-bond donors (Lipinski definition) is 1. The van der Waals surface area contributed by atoms with Gasteiger partial charge in [0.1, 0.15) is 0 Å². The highest BCUT2D eigenvalue weighted by atomic mass is 32.2. The predicted octanol–water partition coefficient (Wildman–Crippen LogP) is 2.47. The van der Waals surface area contributed by atoms with Crippen LogP contribution in [0.3, 0.4) is 0 Å². The summed E-state index contributed by atoms with van der Waals surface area (Å²) in [4.78, 5) is 0.572. The van der Waals surface area contributed by atoms with Crippen LogP contribution < -0.4 is 5.73 Å². The molecule has 1 aromatic carbocycles. The molecular weight excluding hydrogens is 224 g/mol. The van der Waals surface area contributed by atoms with Gasteiger partial charge >= 0.3 is 0 Å². The molecule has 0 radical (unpaired) electrons. The molecule has 4 heteroatoms. The Labute approximate surface area is 99.5 Å². The standard InChI is InChI=1S/C11H12N2S2/c12-7-9-1-3-10(4-2-9)8-15-6-5-11(13)14/h1-4H,5-6,8H2,(H2,13,14). The zero-order valence-corrected chi connectivity index (χ0v) is 9.90. The van der Waals surface area contributed by atoms with Gasteiger partial charge < -0.3 is 5.73 Å². The van der Waals surface area contributed by atoms with Crippen molar-refractivity contribution in [3.8, 4) is 6.07 Å². The summed E-state index contributed by atoms with van der Waals surface area (Å²) >= 11 is 6.58. The molecular formula is C11H12N2S2. The van der Waals surface area contributed by atoms with Crippen LogP contribution in [0.5, 0.6) is 0 Å². The maximum Gasteiger partial charge on any atom is 0.0991 e. The van der Waals surface area contributed by atoms with Crippen molar-refractivity contribution in [2.45, 2.75) is 12.2 Å². The minimum atomic E-state index is 0.572. The van der Waals surface area contributed by atoms with Gasteiger partial charge in [-0.1, -0.05) is 24.4 Å². The minimum absolute atomic E-state index is 0.572. The van der Waals surface area contributed by atoms with Gasteiger partial charge in [-0.15, -0.1) is 0 Å². The van der Waals surface area contributed by atoms with Crippen molar-refractivity contribution in [1.29, 1.82) is 5.26 Å². The summed E-state index contributed by atoms with van der Waals surface area (Å²) in [5.74, 6) is 1.89. The molecule has 0 atom stereocenters. The van der Waals surface area contributed by atoms with Crippen molar-refractivity contribution in [2.24, 2.45) is 5.73 Å². The van der Waals surface area contributed by atoms with Gasteiger partial charge in [0.25, 0.3) is 0 Å². The molecule has 1 rings (SSSR count). The smallest absolute Gasteiger partial charge is 0.0991 e. The predicted molar refractivity (Wildman–Crippen MR) is 68.7 cm³/mol. The van der Waals surface area contributed by atoms with E-state index in [-0.39, 0.29) is 0 Å². The Balaban J connectivity index is 2.32. The number of nitriles is 1. The number of hydrogen-bond acceptors (Lipinski definition) is 3. The number of benzene rings is 1. The summed E-state index contributed by atoms with van der Waals surface area (Å²) in [5, 5.41) is 8.62. The summed E-state index contributed by atoms with van der Waals surface area (Å²) in [7, 11) is 0. The van der Waals surface area contributed by atoms with E-state index in [2.05, 4.69) is 6.07 Å². The van der Waals surface area contributed by atoms with Gasteiger partial charge in [0.05, 0.1) is 16.6 Å². The monoisotopic (exact) mass is 236 g/mol. The van der Waals surface area contributed by atoms with E-state index in [1.54, 1.807) is 11.8 Å². The number of rotatable bonds is 5. The molecule has 0 aliphatic carbocycles. The second-order valence-corrected chi connectivity index (χ2v) is 4.71. The lowest BCUT2D eigenvalue weighted by Gasteiger charge is -2.01. The maximum atomic E-state index is 8.62. The van der Waals surface area contributed by atoms with E-state index in [4.69, 9.17) is 23.2 Å². The Hall–Kier alpha value is -1.05. The Kier molecular flexibility index (Phi) is 5.16. The highest BCUT2D eigenvalue weighted by molar-refractivity contribution is 7.98. The van der Waals surface area contributed by atoms with E-state index in [9.17, 15) is 0 Å². The van der Waals surface area contributed by atoms with Crippen LogP contribution in [0.15, 0.2) is 24.3 Å². The van der Waals surface area contributed by atoms with Gasteiger partial charge in [-0.3, -0.25) is 0 Å². The third-order valence-corrected chi connectivity index (χ3v) is 3.08. The van der Waals surface area contributed by atoms with Crippen LogP contribution in [-0.2, 0) is 5.75 Å². The molecule has 15 heavy (non-hydrogen) atoms. The molecule has 0 saturated heterocycles. The van der Waals surface area contributed by atoms with E-state index in [1.807, 2.05) is 24.3 Å². The molecule has 0 amide bonds. The van der Waals surface area contributed by atoms with Crippen LogP contribution >= 0.6 is 24.0 Å². The largest absolute Gasteiger partial charge is 0.393 e. The summed E-state index contributed by atoms with van der Waals surface area (Å²) < 4.78 is 0. The van der Waals surface area contributed by atoms with Crippen molar-refractivity contribution >= 4 is 29.0 Å². The van der Waals surface area contributed by atoms with Gasteiger partial charge in [0.15, 0.2) is 0 Å². The topological polar surface area (TPSA) is 49.8 Å². The molecule has 0 saturated carbocycles. The molecule has 2 nitrogen and oxygen atoms in total. The van der Waals surface area contributed by atoms with Gasteiger partial charge in [-0.05, 0) is 23.4 Å². The van der Waals surface area contributed by atoms with Crippen molar-refractivity contribution < 1.29 is 0 Å². The fraction of sp³-hybridized carbons (Fsp3) is 0.273. The highest BCUT2D eigenvalue weighted by Gasteiger charge is 1.95. The molecule has 0 aliphatic rings. The average Bonchev–Trinajstić information content (AvgIpc) is 2.25. The summed E-state index contributed by atoms with van der Waals surface area (Å²) in [6, 6.07) is 9.73. The van der Waals surface area contributed by atoms with Crippen molar-refractivity contribution in [3.05, 3.63) is 35.4 Å². The first-order chi connectivity index (χ1) is 7.22. The molecule has 0 unspecified atom stereocenters. The van der Waals surface area contributed by atoms with E-state index in [0.717, 1.165) is 17.9 Å². The summed E-state index contributed by atoms with van der Waals surface area (Å²) in [6.45, 7) is 0. The van der Waals surface area contributed by atoms with E-state index < -0.39 is 0 Å². The first-order valence-electron chi connectivity index (χ1n) is 4.57. The lowest BCUT2D eigenvalue weighted by Crippen LogP contribution is -2.08. The maximum absolute atomic E-state index is 8.62. The third kappa shape index (κ3) is 4.82. The zero-order chi connectivity index (χ0) is 11.1. The Morgan fingerprint density at radius 2 is 2.07 bits per heavy atom. The van der Waals surface area contributed by atoms with Crippen LogP contribution in [0.25, 0.3) is 0 Å². The van der Waals surface area contributed by atoms with Gasteiger partial charge in [-0.2, -0.15) is 17.0 Å². The average molecular weight is 236 g/mol. The highest BCUT2D eigenvalue weighted by Crippen LogP contribution is 2.13. The first-order valence-corrected chi connectivity index (χ1v) is 6.14. The molecule has 1 aromatic rings. The van der Waals surface area contributed by atoms with Crippen molar-refractivity contribution in [3.63, 3.8) is 0 Å². The lowest BCUT2D eigenvalue weighted by molar-refractivity contribution is 1.29. The van der Waals surface area contributed by atoms with Crippen LogP contribution in [0.1, 0.15) is 17.5 Å². The van der Waals surface area contributed by atoms with Crippen LogP contribution in [-0.4, -0.2) is 10.7 Å². The van der Waals surface area contributed by atoms with Gasteiger partial charge in [-0.25, -0.2) is 0 Å². The Morgan fingerprint density at radius 1 is 1.40 bits per heavy atom. The second kappa shape index (κ2) is 6.44. The molecule has 78 valence electrons. The molecule has 0 bridgehead atoms. The fourth-order valence-electron chi connectivity index (χ4n) is 1.04. The third-order valence-electron chi connectivity index (χ3n) is 1.84. The van der Waals surface area contributed by atoms with Crippen molar-refractivity contribution in [1.82, 2.24) is 0 Å². The van der Waals surface area contributed by atoms with Crippen LogP contribution in [0, 0.1) is 11.3 Å². The van der Waals surface area contributed by atoms with Crippen LogP contribution in [0.2, 0.25) is 0 Å². The quantitative estimate of drug-likeness (QED) is 0.630. The normalized spacial score (nSPS) is 9.53. The second-order valence-electron chi connectivity index (χ2n) is 3.08. The van der Waals surface area contributed by atoms with E-state index in [0.29, 0.717) is 10.6 Å². The van der Waals surface area contributed by atoms with Crippen molar-refractivity contribution in [2.75, 3.05) is 5.75 Å². The molecule has 2 N–H and O–H groups in total. The molecule has 0 spiro atoms. The number of nitrogens with two attached hydrogens (primary N) is 1. The molecule has 0 heterocycles. The van der Waals surface area contributed by atoms with E-state index in [1.165, 1.54) is 5.56 Å². The first kappa shape index (κ1) is 12.0. The van der Waals surface area contributed by atoms with Gasteiger partial charge in [0.2, 0.25) is 0 Å². The van der Waals surface area contributed by atoms with E-state index >= 15 is 0 Å².